The van der Waals surface area contributed by atoms with Crippen molar-refractivity contribution in [3.63, 3.8) is 0 Å². The Hall–Kier alpha value is 0.100. The molecule has 0 saturated carbocycles. The normalized spacial score (nSPS) is 9.83. The molecule has 0 rings (SSSR count). The number of hydrogen-bond acceptors (Lipinski definition) is 4. The first kappa shape index (κ1) is 12.1. The lowest BCUT2D eigenvalue weighted by molar-refractivity contribution is 0.290. The van der Waals surface area contributed by atoms with Crippen LogP contribution < -0.4 is 0 Å². The SMILES string of the molecule is OCCCC(=S)C(=S)CCCO. The summed E-state index contributed by atoms with van der Waals surface area (Å²) >= 11 is 10.0. The van der Waals surface area contributed by atoms with Crippen LogP contribution in [0.4, 0.5) is 0 Å². The quantitative estimate of drug-likeness (QED) is 0.616. The van der Waals surface area contributed by atoms with Crippen LogP contribution in [0.3, 0.4) is 0 Å². The summed E-state index contributed by atoms with van der Waals surface area (Å²) in [5.74, 6) is 0. The van der Waals surface area contributed by atoms with Crippen molar-refractivity contribution < 1.29 is 10.2 Å². The van der Waals surface area contributed by atoms with Crippen molar-refractivity contribution >= 4 is 34.2 Å². The maximum atomic E-state index is 8.53. The van der Waals surface area contributed by atoms with E-state index in [1.165, 1.54) is 0 Å². The smallest absolute Gasteiger partial charge is 0.0434 e. The van der Waals surface area contributed by atoms with Crippen molar-refractivity contribution in [2.24, 2.45) is 0 Å². The van der Waals surface area contributed by atoms with E-state index >= 15 is 0 Å². The highest BCUT2D eigenvalue weighted by atomic mass is 32.1. The summed E-state index contributed by atoms with van der Waals surface area (Å²) < 4.78 is 0. The molecule has 0 aromatic heterocycles. The van der Waals surface area contributed by atoms with E-state index in [-0.39, 0.29) is 13.2 Å². The van der Waals surface area contributed by atoms with Crippen LogP contribution in [0.2, 0.25) is 0 Å². The second-order valence-electron chi connectivity index (χ2n) is 2.50. The average Bonchev–Trinajstić information content (AvgIpc) is 2.10. The standard InChI is InChI=1S/C8H14O2S2/c9-5-1-3-7(11)8(12)4-2-6-10/h9-10H,1-6H2. The molecule has 2 N–H and O–H groups in total. The molecule has 70 valence electrons. The molecule has 2 nitrogen and oxygen atoms in total. The minimum absolute atomic E-state index is 0.156. The fourth-order valence-corrected chi connectivity index (χ4v) is 1.25. The third-order valence-corrected chi connectivity index (χ3v) is 2.47. The first-order valence-corrected chi connectivity index (χ1v) is 4.81. The minimum atomic E-state index is 0.156. The molecule has 0 atom stereocenters. The van der Waals surface area contributed by atoms with E-state index < -0.39 is 0 Å². The number of rotatable bonds is 7. The van der Waals surface area contributed by atoms with E-state index in [9.17, 15) is 0 Å². The predicted molar refractivity (Wildman–Crippen MR) is 57.8 cm³/mol. The Bertz CT molecular complexity index is 139. The highest BCUT2D eigenvalue weighted by molar-refractivity contribution is 7.89. The van der Waals surface area contributed by atoms with Gasteiger partial charge in [-0.15, -0.1) is 0 Å². The second kappa shape index (κ2) is 7.73. The van der Waals surface area contributed by atoms with Crippen molar-refractivity contribution in [1.29, 1.82) is 0 Å². The molecule has 12 heavy (non-hydrogen) atoms. The number of aliphatic hydroxyl groups excluding tert-OH is 2. The Morgan fingerprint density at radius 2 is 1.17 bits per heavy atom. The largest absolute Gasteiger partial charge is 0.396 e. The maximum Gasteiger partial charge on any atom is 0.0434 e. The summed E-state index contributed by atoms with van der Waals surface area (Å²) in [4.78, 5) is 1.51. The Balaban J connectivity index is 3.55. The molecule has 0 saturated heterocycles. The lowest BCUT2D eigenvalue weighted by Crippen LogP contribution is -2.10. The van der Waals surface area contributed by atoms with Crippen LogP contribution in [0.1, 0.15) is 25.7 Å². The highest BCUT2D eigenvalue weighted by Crippen LogP contribution is 2.01. The zero-order chi connectivity index (χ0) is 9.40. The molecule has 0 spiro atoms. The summed E-state index contributed by atoms with van der Waals surface area (Å²) in [6, 6.07) is 0. The monoisotopic (exact) mass is 206 g/mol. The topological polar surface area (TPSA) is 40.5 Å². The Morgan fingerprint density at radius 3 is 1.42 bits per heavy atom. The van der Waals surface area contributed by atoms with Gasteiger partial charge < -0.3 is 10.2 Å². The molecule has 0 unspecified atom stereocenters. The van der Waals surface area contributed by atoms with E-state index in [1.807, 2.05) is 0 Å². The Kier molecular flexibility index (Phi) is 7.80. The Labute approximate surface area is 83.6 Å². The van der Waals surface area contributed by atoms with E-state index in [4.69, 9.17) is 34.6 Å². The zero-order valence-electron chi connectivity index (χ0n) is 6.95. The van der Waals surface area contributed by atoms with Crippen LogP contribution in [0.15, 0.2) is 0 Å². The molecule has 0 aliphatic heterocycles. The van der Waals surface area contributed by atoms with Gasteiger partial charge in [0.1, 0.15) is 0 Å². The van der Waals surface area contributed by atoms with E-state index in [0.717, 1.165) is 9.73 Å². The van der Waals surface area contributed by atoms with E-state index in [2.05, 4.69) is 0 Å². The minimum Gasteiger partial charge on any atom is -0.396 e. The van der Waals surface area contributed by atoms with Gasteiger partial charge in [0.2, 0.25) is 0 Å². The van der Waals surface area contributed by atoms with Gasteiger partial charge in [0.25, 0.3) is 0 Å². The van der Waals surface area contributed by atoms with Crippen molar-refractivity contribution in [1.82, 2.24) is 0 Å². The van der Waals surface area contributed by atoms with Gasteiger partial charge in [0, 0.05) is 22.9 Å². The van der Waals surface area contributed by atoms with Gasteiger partial charge in [-0.2, -0.15) is 0 Å². The van der Waals surface area contributed by atoms with Gasteiger partial charge in [-0.05, 0) is 25.7 Å². The van der Waals surface area contributed by atoms with Gasteiger partial charge in [-0.25, -0.2) is 0 Å². The van der Waals surface area contributed by atoms with Crippen LogP contribution in [0.5, 0.6) is 0 Å². The maximum absolute atomic E-state index is 8.53. The highest BCUT2D eigenvalue weighted by Gasteiger charge is 2.03. The van der Waals surface area contributed by atoms with Gasteiger partial charge in [-0.3, -0.25) is 0 Å². The summed E-state index contributed by atoms with van der Waals surface area (Å²) in [7, 11) is 0. The zero-order valence-corrected chi connectivity index (χ0v) is 8.59. The van der Waals surface area contributed by atoms with Gasteiger partial charge in [0.15, 0.2) is 0 Å². The van der Waals surface area contributed by atoms with Crippen LogP contribution in [-0.4, -0.2) is 33.2 Å². The molecular formula is C8H14O2S2. The fourth-order valence-electron chi connectivity index (χ4n) is 0.758. The van der Waals surface area contributed by atoms with Gasteiger partial charge >= 0.3 is 0 Å². The number of aliphatic hydroxyl groups is 2. The van der Waals surface area contributed by atoms with E-state index in [1.54, 1.807) is 0 Å². The summed E-state index contributed by atoms with van der Waals surface area (Å²) in [5, 5.41) is 17.1. The summed E-state index contributed by atoms with van der Waals surface area (Å²) in [6.45, 7) is 0.311. The van der Waals surface area contributed by atoms with Crippen LogP contribution in [0.25, 0.3) is 0 Å². The lowest BCUT2D eigenvalue weighted by atomic mass is 10.1. The lowest BCUT2D eigenvalue weighted by Gasteiger charge is -2.03. The first-order chi connectivity index (χ1) is 5.72. The van der Waals surface area contributed by atoms with Crippen LogP contribution >= 0.6 is 24.4 Å². The molecule has 4 heteroatoms. The molecular weight excluding hydrogens is 192 g/mol. The van der Waals surface area contributed by atoms with Gasteiger partial charge in [0.05, 0.1) is 0 Å². The Morgan fingerprint density at radius 1 is 0.833 bits per heavy atom. The average molecular weight is 206 g/mol. The molecule has 0 aromatic rings. The summed E-state index contributed by atoms with van der Waals surface area (Å²) in [6.07, 6.45) is 2.74. The molecule has 0 radical (unpaired) electrons. The predicted octanol–water partition coefficient (Wildman–Crippen LogP) is 1.27. The molecule has 0 aliphatic rings. The van der Waals surface area contributed by atoms with Crippen LogP contribution in [0, 0.1) is 0 Å². The van der Waals surface area contributed by atoms with Crippen molar-refractivity contribution in [3.05, 3.63) is 0 Å². The van der Waals surface area contributed by atoms with Gasteiger partial charge in [-0.1, -0.05) is 24.4 Å². The summed E-state index contributed by atoms with van der Waals surface area (Å²) in [5.41, 5.74) is 0. The van der Waals surface area contributed by atoms with Crippen LogP contribution in [-0.2, 0) is 0 Å². The van der Waals surface area contributed by atoms with Crippen molar-refractivity contribution in [2.75, 3.05) is 13.2 Å². The third-order valence-electron chi connectivity index (χ3n) is 1.43. The molecule has 0 heterocycles. The third kappa shape index (κ3) is 5.71. The fraction of sp³-hybridized carbons (Fsp3) is 0.750. The molecule has 0 bridgehead atoms. The molecule has 0 aromatic carbocycles. The molecule has 0 fully saturated rings. The van der Waals surface area contributed by atoms with E-state index in [0.29, 0.717) is 25.7 Å². The second-order valence-corrected chi connectivity index (χ2v) is 3.49. The number of thiocarbonyl (C=S) groups is 2. The van der Waals surface area contributed by atoms with Crippen molar-refractivity contribution in [2.45, 2.75) is 25.7 Å². The number of hydrogen-bond donors (Lipinski definition) is 2. The first-order valence-electron chi connectivity index (χ1n) is 4.00. The van der Waals surface area contributed by atoms with Crippen molar-refractivity contribution in [3.8, 4) is 0 Å². The molecule has 0 aliphatic carbocycles. The molecule has 0 amide bonds.